The number of ether oxygens (including phenoxy) is 1. The van der Waals surface area contributed by atoms with Crippen molar-refractivity contribution in [2.75, 3.05) is 5.32 Å². The van der Waals surface area contributed by atoms with E-state index in [2.05, 4.69) is 20.4 Å². The highest BCUT2D eigenvalue weighted by molar-refractivity contribution is 5.90. The number of fused-ring (bicyclic) bond motifs is 1. The highest BCUT2D eigenvalue weighted by Gasteiger charge is 2.16. The number of hydrogen-bond acceptors (Lipinski definition) is 5. The Labute approximate surface area is 139 Å². The standard InChI is InChI=1S/C17H19N5O2/c1-17(2,3)24-16(23)21-15-6-11-5-14(13-9-20-22(4)10-13)18-7-12(11)8-19-15/h5-10H,1-4H3,(H,19,21,23). The van der Waals surface area contributed by atoms with Gasteiger partial charge in [0, 0.05) is 36.6 Å². The average Bonchev–Trinajstić information content (AvgIpc) is 2.91. The zero-order chi connectivity index (χ0) is 17.3. The van der Waals surface area contributed by atoms with Crippen molar-refractivity contribution in [1.82, 2.24) is 19.7 Å². The summed E-state index contributed by atoms with van der Waals surface area (Å²) in [5.74, 6) is 0.431. The molecule has 7 nitrogen and oxygen atoms in total. The highest BCUT2D eigenvalue weighted by Crippen LogP contribution is 2.23. The first-order chi connectivity index (χ1) is 11.3. The zero-order valence-electron chi connectivity index (χ0n) is 14.1. The lowest BCUT2D eigenvalue weighted by Gasteiger charge is -2.19. The van der Waals surface area contributed by atoms with E-state index in [-0.39, 0.29) is 0 Å². The predicted molar refractivity (Wildman–Crippen MR) is 91.6 cm³/mol. The quantitative estimate of drug-likeness (QED) is 0.781. The van der Waals surface area contributed by atoms with E-state index in [1.54, 1.807) is 29.3 Å². The van der Waals surface area contributed by atoms with Crippen LogP contribution in [-0.4, -0.2) is 31.4 Å². The van der Waals surface area contributed by atoms with E-state index in [4.69, 9.17) is 4.74 Å². The second kappa shape index (κ2) is 5.92. The molecule has 7 heteroatoms. The van der Waals surface area contributed by atoms with Gasteiger partial charge in [-0.05, 0) is 38.3 Å². The monoisotopic (exact) mass is 325 g/mol. The summed E-state index contributed by atoms with van der Waals surface area (Å²) >= 11 is 0. The first-order valence-electron chi connectivity index (χ1n) is 7.55. The van der Waals surface area contributed by atoms with Gasteiger partial charge in [-0.15, -0.1) is 0 Å². The molecule has 3 aromatic heterocycles. The maximum atomic E-state index is 11.9. The predicted octanol–water partition coefficient (Wildman–Crippen LogP) is 3.38. The minimum Gasteiger partial charge on any atom is -0.444 e. The fourth-order valence-corrected chi connectivity index (χ4v) is 2.23. The summed E-state index contributed by atoms with van der Waals surface area (Å²) in [5, 5.41) is 8.61. The highest BCUT2D eigenvalue weighted by atomic mass is 16.6. The molecule has 0 spiro atoms. The minimum atomic E-state index is -0.557. The van der Waals surface area contributed by atoms with Crippen molar-refractivity contribution in [2.24, 2.45) is 7.05 Å². The van der Waals surface area contributed by atoms with E-state index < -0.39 is 11.7 Å². The molecule has 3 rings (SSSR count). The summed E-state index contributed by atoms with van der Waals surface area (Å²) in [6.07, 6.45) is 6.55. The molecule has 1 N–H and O–H groups in total. The molecule has 0 aromatic carbocycles. The fourth-order valence-electron chi connectivity index (χ4n) is 2.23. The van der Waals surface area contributed by atoms with Crippen molar-refractivity contribution in [1.29, 1.82) is 0 Å². The summed E-state index contributed by atoms with van der Waals surface area (Å²) in [7, 11) is 1.86. The zero-order valence-corrected chi connectivity index (χ0v) is 14.1. The van der Waals surface area contributed by atoms with Crippen LogP contribution < -0.4 is 5.32 Å². The van der Waals surface area contributed by atoms with Gasteiger partial charge in [-0.25, -0.2) is 9.78 Å². The van der Waals surface area contributed by atoms with Gasteiger partial charge in [0.15, 0.2) is 0 Å². The van der Waals surface area contributed by atoms with Crippen LogP contribution in [0.2, 0.25) is 0 Å². The van der Waals surface area contributed by atoms with Gasteiger partial charge in [0.25, 0.3) is 0 Å². The topological polar surface area (TPSA) is 81.9 Å². The molecule has 0 radical (unpaired) electrons. The molecule has 0 saturated carbocycles. The summed E-state index contributed by atoms with van der Waals surface area (Å²) in [4.78, 5) is 20.5. The van der Waals surface area contributed by atoms with Crippen LogP contribution in [-0.2, 0) is 11.8 Å². The first kappa shape index (κ1) is 15.9. The third-order valence-electron chi connectivity index (χ3n) is 3.23. The van der Waals surface area contributed by atoms with E-state index in [1.165, 1.54) is 0 Å². The molecule has 3 aromatic rings. The normalized spacial score (nSPS) is 11.5. The van der Waals surface area contributed by atoms with Crippen LogP contribution in [0.15, 0.2) is 36.9 Å². The van der Waals surface area contributed by atoms with Crippen molar-refractivity contribution < 1.29 is 9.53 Å². The Morgan fingerprint density at radius 1 is 1.12 bits per heavy atom. The number of hydrogen-bond donors (Lipinski definition) is 1. The molecule has 3 heterocycles. The van der Waals surface area contributed by atoms with E-state index in [9.17, 15) is 4.79 Å². The molecule has 0 saturated heterocycles. The average molecular weight is 325 g/mol. The number of carbonyl (C=O) groups excluding carboxylic acids is 1. The lowest BCUT2D eigenvalue weighted by molar-refractivity contribution is 0.0635. The fraction of sp³-hybridized carbons (Fsp3) is 0.294. The van der Waals surface area contributed by atoms with Gasteiger partial charge in [-0.3, -0.25) is 15.0 Å². The van der Waals surface area contributed by atoms with Crippen LogP contribution in [0.3, 0.4) is 0 Å². The number of aryl methyl sites for hydroxylation is 1. The summed E-state index contributed by atoms with van der Waals surface area (Å²) in [5.41, 5.74) is 1.18. The van der Waals surface area contributed by atoms with Crippen LogP contribution in [0, 0.1) is 0 Å². The summed E-state index contributed by atoms with van der Waals surface area (Å²) < 4.78 is 6.96. The lowest BCUT2D eigenvalue weighted by Crippen LogP contribution is -2.27. The number of aromatic nitrogens is 4. The SMILES string of the molecule is Cn1cc(-c2cc3cc(NC(=O)OC(C)(C)C)ncc3cn2)cn1. The van der Waals surface area contributed by atoms with Crippen LogP contribution in [0.25, 0.3) is 22.0 Å². The summed E-state index contributed by atoms with van der Waals surface area (Å²) in [6.45, 7) is 5.44. The molecule has 0 aliphatic heterocycles. The molecule has 0 aliphatic carbocycles. The van der Waals surface area contributed by atoms with E-state index in [0.717, 1.165) is 22.0 Å². The van der Waals surface area contributed by atoms with Crippen LogP contribution >= 0.6 is 0 Å². The van der Waals surface area contributed by atoms with Gasteiger partial charge in [0.2, 0.25) is 0 Å². The number of pyridine rings is 2. The third-order valence-corrected chi connectivity index (χ3v) is 3.23. The van der Waals surface area contributed by atoms with Crippen molar-refractivity contribution in [3.63, 3.8) is 0 Å². The van der Waals surface area contributed by atoms with Crippen molar-refractivity contribution in [3.05, 3.63) is 36.9 Å². The molecule has 0 aliphatic rings. The molecular formula is C17H19N5O2. The first-order valence-corrected chi connectivity index (χ1v) is 7.55. The number of nitrogens with one attached hydrogen (secondary N) is 1. The van der Waals surface area contributed by atoms with Crippen LogP contribution in [0.5, 0.6) is 0 Å². The molecule has 1 amide bonds. The number of amides is 1. The number of nitrogens with zero attached hydrogens (tertiary/aromatic N) is 4. The van der Waals surface area contributed by atoms with E-state index in [0.29, 0.717) is 5.82 Å². The summed E-state index contributed by atoms with van der Waals surface area (Å²) in [6, 6.07) is 3.73. The molecular weight excluding hydrogens is 306 g/mol. The Balaban J connectivity index is 1.88. The van der Waals surface area contributed by atoms with Gasteiger partial charge in [-0.1, -0.05) is 0 Å². The molecule has 0 atom stereocenters. The second-order valence-corrected chi connectivity index (χ2v) is 6.52. The largest absolute Gasteiger partial charge is 0.444 e. The van der Waals surface area contributed by atoms with Crippen LogP contribution in [0.4, 0.5) is 10.6 Å². The van der Waals surface area contributed by atoms with Crippen molar-refractivity contribution in [2.45, 2.75) is 26.4 Å². The third kappa shape index (κ3) is 3.68. The number of carbonyl (C=O) groups is 1. The number of anilines is 1. The molecule has 124 valence electrons. The van der Waals surface area contributed by atoms with Crippen molar-refractivity contribution >= 4 is 22.7 Å². The Hall–Kier alpha value is -2.96. The molecule has 0 unspecified atom stereocenters. The molecule has 0 bridgehead atoms. The Morgan fingerprint density at radius 3 is 2.54 bits per heavy atom. The maximum Gasteiger partial charge on any atom is 0.413 e. The molecule has 24 heavy (non-hydrogen) atoms. The number of rotatable bonds is 2. The maximum absolute atomic E-state index is 11.9. The van der Waals surface area contributed by atoms with Crippen molar-refractivity contribution in [3.8, 4) is 11.3 Å². The van der Waals surface area contributed by atoms with E-state index in [1.807, 2.05) is 40.1 Å². The van der Waals surface area contributed by atoms with Gasteiger partial charge < -0.3 is 4.74 Å². The smallest absolute Gasteiger partial charge is 0.413 e. The molecule has 0 fully saturated rings. The Morgan fingerprint density at radius 2 is 1.88 bits per heavy atom. The Kier molecular flexibility index (Phi) is 3.92. The van der Waals surface area contributed by atoms with E-state index >= 15 is 0 Å². The van der Waals surface area contributed by atoms with Crippen LogP contribution in [0.1, 0.15) is 20.8 Å². The van der Waals surface area contributed by atoms with Gasteiger partial charge in [0.05, 0.1) is 11.9 Å². The van der Waals surface area contributed by atoms with Gasteiger partial charge >= 0.3 is 6.09 Å². The minimum absolute atomic E-state index is 0.431. The van der Waals surface area contributed by atoms with Gasteiger partial charge in [0.1, 0.15) is 11.4 Å². The second-order valence-electron chi connectivity index (χ2n) is 6.52. The van der Waals surface area contributed by atoms with Gasteiger partial charge in [-0.2, -0.15) is 5.10 Å². The lowest BCUT2D eigenvalue weighted by atomic mass is 10.1. The Bertz CT molecular complexity index is 895.